The molecular weight excluding hydrogens is 312 g/mol. The van der Waals surface area contributed by atoms with Crippen molar-refractivity contribution in [3.8, 4) is 0 Å². The van der Waals surface area contributed by atoms with E-state index >= 15 is 0 Å². The van der Waals surface area contributed by atoms with E-state index in [9.17, 15) is 0 Å². The van der Waals surface area contributed by atoms with Crippen molar-refractivity contribution in [2.45, 2.75) is 19.9 Å². The molecule has 0 radical (unpaired) electrons. The second-order valence-corrected chi connectivity index (χ2v) is 6.86. The van der Waals surface area contributed by atoms with E-state index < -0.39 is 0 Å². The Morgan fingerprint density at radius 3 is 3.12 bits per heavy atom. The summed E-state index contributed by atoms with van der Waals surface area (Å²) in [7, 11) is 0. The highest BCUT2D eigenvalue weighted by atomic mass is 16.5. The highest BCUT2D eigenvalue weighted by Gasteiger charge is 2.21. The van der Waals surface area contributed by atoms with E-state index in [2.05, 4.69) is 50.6 Å². The van der Waals surface area contributed by atoms with Gasteiger partial charge in [-0.3, -0.25) is 14.9 Å². The van der Waals surface area contributed by atoms with Gasteiger partial charge in [0.1, 0.15) is 0 Å². The molecule has 3 aromatic rings. The zero-order valence-electron chi connectivity index (χ0n) is 14.6. The summed E-state index contributed by atoms with van der Waals surface area (Å²) in [6, 6.07) is 6.33. The molecule has 1 fully saturated rings. The maximum atomic E-state index is 5.88. The maximum Gasteiger partial charge on any atom is 0.0666 e. The lowest BCUT2D eigenvalue weighted by Crippen LogP contribution is -2.31. The fourth-order valence-electron chi connectivity index (χ4n) is 3.60. The average Bonchev–Trinajstić information content (AvgIpc) is 3.00. The molecular formula is C20H24N4O. The van der Waals surface area contributed by atoms with E-state index in [4.69, 9.17) is 4.74 Å². The maximum absolute atomic E-state index is 5.88. The molecule has 1 aliphatic rings. The largest absolute Gasteiger partial charge is 0.380 e. The van der Waals surface area contributed by atoms with Crippen LogP contribution in [0.1, 0.15) is 16.8 Å². The van der Waals surface area contributed by atoms with E-state index in [1.54, 1.807) is 0 Å². The zero-order valence-corrected chi connectivity index (χ0v) is 14.6. The molecule has 1 saturated heterocycles. The number of nitrogens with zero attached hydrogens (tertiary/aromatic N) is 4. The minimum atomic E-state index is 0.457. The van der Waals surface area contributed by atoms with Gasteiger partial charge in [-0.2, -0.15) is 0 Å². The number of hydrogen-bond donors (Lipinski definition) is 0. The van der Waals surface area contributed by atoms with Crippen molar-refractivity contribution in [1.82, 2.24) is 19.3 Å². The first kappa shape index (κ1) is 16.2. The molecule has 0 aliphatic carbocycles. The van der Waals surface area contributed by atoms with Crippen LogP contribution in [0.3, 0.4) is 0 Å². The monoisotopic (exact) mass is 336 g/mol. The van der Waals surface area contributed by atoms with Crippen LogP contribution in [0.15, 0.2) is 49.2 Å². The Kier molecular flexibility index (Phi) is 4.76. The third-order valence-electron chi connectivity index (χ3n) is 4.97. The van der Waals surface area contributed by atoms with Gasteiger partial charge in [0.2, 0.25) is 0 Å². The lowest BCUT2D eigenvalue weighted by atomic mass is 10.0. The molecule has 5 nitrogen and oxygen atoms in total. The summed E-state index contributed by atoms with van der Waals surface area (Å²) in [6.07, 6.45) is 10.7. The molecule has 0 spiro atoms. The van der Waals surface area contributed by atoms with Gasteiger partial charge >= 0.3 is 0 Å². The summed E-state index contributed by atoms with van der Waals surface area (Å²) < 4.78 is 8.02. The first-order valence-electron chi connectivity index (χ1n) is 8.90. The van der Waals surface area contributed by atoms with Gasteiger partial charge < -0.3 is 9.14 Å². The van der Waals surface area contributed by atoms with Crippen LogP contribution in [0.4, 0.5) is 0 Å². The van der Waals surface area contributed by atoms with Crippen LogP contribution in [0.2, 0.25) is 0 Å². The molecule has 5 heteroatoms. The summed E-state index contributed by atoms with van der Waals surface area (Å²) in [5, 5.41) is 0. The molecule has 4 heterocycles. The summed E-state index contributed by atoms with van der Waals surface area (Å²) >= 11 is 0. The van der Waals surface area contributed by atoms with Crippen LogP contribution >= 0.6 is 0 Å². The summed E-state index contributed by atoms with van der Waals surface area (Å²) in [4.78, 5) is 11.3. The third kappa shape index (κ3) is 3.72. The quantitative estimate of drug-likeness (QED) is 0.735. The second-order valence-electron chi connectivity index (χ2n) is 6.86. The van der Waals surface area contributed by atoms with Gasteiger partial charge in [-0.25, -0.2) is 0 Å². The van der Waals surface area contributed by atoms with Crippen LogP contribution in [0.25, 0.3) is 5.52 Å². The summed E-state index contributed by atoms with van der Waals surface area (Å²) in [6.45, 7) is 6.69. The SMILES string of the molecule is Cc1cnccc1CN1CCOC[C@@H](Cc2nccn3cccc23)C1. The normalized spacial score (nSPS) is 19.2. The highest BCUT2D eigenvalue weighted by Crippen LogP contribution is 2.19. The minimum Gasteiger partial charge on any atom is -0.380 e. The lowest BCUT2D eigenvalue weighted by Gasteiger charge is -2.24. The number of aromatic nitrogens is 3. The molecule has 3 aromatic heterocycles. The third-order valence-corrected chi connectivity index (χ3v) is 4.97. The molecule has 0 N–H and O–H groups in total. The van der Waals surface area contributed by atoms with E-state index in [0.717, 1.165) is 45.0 Å². The van der Waals surface area contributed by atoms with Gasteiger partial charge in [0, 0.05) is 56.5 Å². The van der Waals surface area contributed by atoms with Crippen molar-refractivity contribution in [3.05, 3.63) is 66.0 Å². The Morgan fingerprint density at radius 1 is 1.24 bits per heavy atom. The van der Waals surface area contributed by atoms with Crippen molar-refractivity contribution in [1.29, 1.82) is 0 Å². The fraction of sp³-hybridized carbons (Fsp3) is 0.400. The van der Waals surface area contributed by atoms with Crippen molar-refractivity contribution in [2.75, 3.05) is 26.3 Å². The van der Waals surface area contributed by atoms with E-state index in [0.29, 0.717) is 5.92 Å². The van der Waals surface area contributed by atoms with E-state index in [-0.39, 0.29) is 0 Å². The van der Waals surface area contributed by atoms with Crippen LogP contribution < -0.4 is 0 Å². The number of hydrogen-bond acceptors (Lipinski definition) is 4. The van der Waals surface area contributed by atoms with Crippen molar-refractivity contribution in [2.24, 2.45) is 5.92 Å². The summed E-state index contributed by atoms with van der Waals surface area (Å²) in [5.74, 6) is 0.457. The second kappa shape index (κ2) is 7.33. The topological polar surface area (TPSA) is 42.7 Å². The van der Waals surface area contributed by atoms with E-state index in [1.165, 1.54) is 16.6 Å². The average molecular weight is 336 g/mol. The predicted octanol–water partition coefficient (Wildman–Crippen LogP) is 2.73. The number of ether oxygens (including phenoxy) is 1. The Balaban J connectivity index is 1.48. The van der Waals surface area contributed by atoms with Gasteiger partial charge in [0.05, 0.1) is 24.4 Å². The Hall–Kier alpha value is -2.24. The minimum absolute atomic E-state index is 0.457. The fourth-order valence-corrected chi connectivity index (χ4v) is 3.60. The summed E-state index contributed by atoms with van der Waals surface area (Å²) in [5.41, 5.74) is 4.96. The first-order valence-corrected chi connectivity index (χ1v) is 8.90. The lowest BCUT2D eigenvalue weighted by molar-refractivity contribution is 0.121. The number of aryl methyl sites for hydroxylation is 1. The van der Waals surface area contributed by atoms with E-state index in [1.807, 2.05) is 24.8 Å². The Morgan fingerprint density at radius 2 is 2.20 bits per heavy atom. The molecule has 25 heavy (non-hydrogen) atoms. The van der Waals surface area contributed by atoms with Gasteiger partial charge in [0.15, 0.2) is 0 Å². The first-order chi connectivity index (χ1) is 12.3. The van der Waals surface area contributed by atoms with Gasteiger partial charge in [0.25, 0.3) is 0 Å². The van der Waals surface area contributed by atoms with Gasteiger partial charge in [-0.05, 0) is 42.7 Å². The molecule has 4 rings (SSSR count). The molecule has 130 valence electrons. The molecule has 0 saturated carbocycles. The Bertz CT molecular complexity index is 844. The van der Waals surface area contributed by atoms with Crippen LogP contribution in [-0.2, 0) is 17.7 Å². The smallest absolute Gasteiger partial charge is 0.0666 e. The van der Waals surface area contributed by atoms with Crippen LogP contribution in [-0.4, -0.2) is 45.6 Å². The predicted molar refractivity (Wildman–Crippen MR) is 97.5 cm³/mol. The molecule has 1 aliphatic heterocycles. The van der Waals surface area contributed by atoms with Crippen molar-refractivity contribution >= 4 is 5.52 Å². The molecule has 1 atom stereocenters. The van der Waals surface area contributed by atoms with Gasteiger partial charge in [-0.15, -0.1) is 0 Å². The molecule has 0 amide bonds. The van der Waals surface area contributed by atoms with Crippen molar-refractivity contribution < 1.29 is 4.74 Å². The molecule has 0 aromatic carbocycles. The number of pyridine rings is 1. The standard InChI is InChI=1S/C20H24N4O/c1-16-12-21-5-4-18(16)14-23-9-10-25-15-17(13-23)11-19-20-3-2-7-24(20)8-6-22-19/h2-8,12,17H,9-11,13-15H2,1H3/t17-/m0/s1. The zero-order chi connectivity index (χ0) is 17.1. The molecule has 0 unspecified atom stereocenters. The van der Waals surface area contributed by atoms with Gasteiger partial charge in [-0.1, -0.05) is 0 Å². The number of fused-ring (bicyclic) bond motifs is 1. The highest BCUT2D eigenvalue weighted by molar-refractivity contribution is 5.52. The molecule has 0 bridgehead atoms. The van der Waals surface area contributed by atoms with Crippen LogP contribution in [0.5, 0.6) is 0 Å². The number of rotatable bonds is 4. The Labute approximate surface area is 148 Å². The van der Waals surface area contributed by atoms with Crippen LogP contribution in [0, 0.1) is 12.8 Å². The van der Waals surface area contributed by atoms with Crippen molar-refractivity contribution in [3.63, 3.8) is 0 Å².